The molecule has 0 atom stereocenters. The van der Waals surface area contributed by atoms with E-state index >= 15 is 0 Å². The van der Waals surface area contributed by atoms with Crippen molar-refractivity contribution in [3.05, 3.63) is 18.0 Å². The number of nitrogens with zero attached hydrogens (tertiary/aromatic N) is 2. The third kappa shape index (κ3) is 4.49. The molecule has 88 valence electrons. The summed E-state index contributed by atoms with van der Waals surface area (Å²) in [7, 11) is 0. The Labute approximate surface area is 101 Å². The number of aromatic nitrogens is 2. The molecule has 3 nitrogen and oxygen atoms in total. The Kier molecular flexibility index (Phi) is 4.60. The van der Waals surface area contributed by atoms with Crippen molar-refractivity contribution < 1.29 is 0 Å². The Morgan fingerprint density at radius 1 is 1.31 bits per heavy atom. The summed E-state index contributed by atoms with van der Waals surface area (Å²) in [6.45, 7) is 3.18. The number of thioether (sulfide) groups is 1. The van der Waals surface area contributed by atoms with Crippen molar-refractivity contribution in [1.29, 1.82) is 0 Å². The van der Waals surface area contributed by atoms with Gasteiger partial charge < -0.3 is 5.32 Å². The first-order valence-electron chi connectivity index (χ1n) is 5.99. The van der Waals surface area contributed by atoms with E-state index in [9.17, 15) is 0 Å². The van der Waals surface area contributed by atoms with Crippen LogP contribution in [0.15, 0.2) is 17.6 Å². The molecule has 1 aromatic rings. The van der Waals surface area contributed by atoms with E-state index in [4.69, 9.17) is 0 Å². The van der Waals surface area contributed by atoms with Crippen LogP contribution in [0.25, 0.3) is 0 Å². The topological polar surface area (TPSA) is 37.8 Å². The second kappa shape index (κ2) is 6.21. The predicted octanol–water partition coefficient (Wildman–Crippen LogP) is 2.41. The molecule has 0 aromatic carbocycles. The van der Waals surface area contributed by atoms with Gasteiger partial charge in [0.15, 0.2) is 5.16 Å². The molecule has 1 aromatic heterocycles. The third-order valence-electron chi connectivity index (χ3n) is 2.57. The standard InChI is InChI=1S/C12H19N3S/c1-10-8-14-12(15-9-10)16-7-3-2-6-13-11-4-5-11/h8-9,11,13H,2-7H2,1H3. The highest BCUT2D eigenvalue weighted by molar-refractivity contribution is 7.99. The summed E-state index contributed by atoms with van der Waals surface area (Å²) in [6, 6.07) is 0.841. The molecule has 0 spiro atoms. The molecule has 1 saturated carbocycles. The SMILES string of the molecule is Cc1cnc(SCCCCNC2CC2)nc1. The van der Waals surface area contributed by atoms with Gasteiger partial charge in [0.05, 0.1) is 0 Å². The molecule has 1 aliphatic carbocycles. The summed E-state index contributed by atoms with van der Waals surface area (Å²) >= 11 is 1.75. The largest absolute Gasteiger partial charge is 0.314 e. The predicted molar refractivity (Wildman–Crippen MR) is 67.8 cm³/mol. The number of unbranched alkanes of at least 4 members (excludes halogenated alkanes) is 1. The van der Waals surface area contributed by atoms with Gasteiger partial charge in [-0.15, -0.1) is 0 Å². The van der Waals surface area contributed by atoms with Gasteiger partial charge in [-0.3, -0.25) is 0 Å². The Morgan fingerprint density at radius 2 is 2.06 bits per heavy atom. The Balaban J connectivity index is 1.51. The van der Waals surface area contributed by atoms with Crippen molar-refractivity contribution >= 4 is 11.8 Å². The molecule has 1 aliphatic rings. The molecule has 2 rings (SSSR count). The molecule has 1 fully saturated rings. The zero-order chi connectivity index (χ0) is 11.2. The van der Waals surface area contributed by atoms with E-state index in [-0.39, 0.29) is 0 Å². The van der Waals surface area contributed by atoms with Crippen LogP contribution in [-0.4, -0.2) is 28.3 Å². The van der Waals surface area contributed by atoms with Crippen LogP contribution >= 0.6 is 11.8 Å². The maximum atomic E-state index is 4.27. The summed E-state index contributed by atoms with van der Waals surface area (Å²) in [6.07, 6.45) is 9.02. The third-order valence-corrected chi connectivity index (χ3v) is 3.53. The molecule has 0 radical (unpaired) electrons. The van der Waals surface area contributed by atoms with Crippen LogP contribution in [0.1, 0.15) is 31.2 Å². The Bertz CT molecular complexity index is 309. The molecule has 0 amide bonds. The van der Waals surface area contributed by atoms with Crippen molar-refractivity contribution in [1.82, 2.24) is 15.3 Å². The van der Waals surface area contributed by atoms with Gasteiger partial charge in [-0.1, -0.05) is 11.8 Å². The first-order valence-corrected chi connectivity index (χ1v) is 6.98. The molecular weight excluding hydrogens is 218 g/mol. The van der Waals surface area contributed by atoms with E-state index in [0.29, 0.717) is 0 Å². The van der Waals surface area contributed by atoms with E-state index in [1.54, 1.807) is 11.8 Å². The number of hydrogen-bond acceptors (Lipinski definition) is 4. The highest BCUT2D eigenvalue weighted by Crippen LogP contribution is 2.18. The molecule has 0 unspecified atom stereocenters. The fraction of sp³-hybridized carbons (Fsp3) is 0.667. The zero-order valence-corrected chi connectivity index (χ0v) is 10.6. The first kappa shape index (κ1) is 11.9. The van der Waals surface area contributed by atoms with E-state index in [0.717, 1.165) is 22.5 Å². The number of aryl methyl sites for hydroxylation is 1. The van der Waals surface area contributed by atoms with Crippen molar-refractivity contribution in [3.8, 4) is 0 Å². The summed E-state index contributed by atoms with van der Waals surface area (Å²) in [5.41, 5.74) is 1.12. The molecule has 0 bridgehead atoms. The minimum absolute atomic E-state index is 0.841. The van der Waals surface area contributed by atoms with Gasteiger partial charge in [-0.2, -0.15) is 0 Å². The van der Waals surface area contributed by atoms with E-state index in [1.165, 1.54) is 32.2 Å². The molecule has 1 N–H and O–H groups in total. The lowest BCUT2D eigenvalue weighted by Gasteiger charge is -2.02. The molecule has 1 heterocycles. The fourth-order valence-electron chi connectivity index (χ4n) is 1.44. The highest BCUT2D eigenvalue weighted by atomic mass is 32.2. The van der Waals surface area contributed by atoms with E-state index < -0.39 is 0 Å². The first-order chi connectivity index (χ1) is 7.84. The normalized spacial score (nSPS) is 15.3. The van der Waals surface area contributed by atoms with Crippen LogP contribution in [0, 0.1) is 6.92 Å². The van der Waals surface area contributed by atoms with Gasteiger partial charge in [0.1, 0.15) is 0 Å². The maximum Gasteiger partial charge on any atom is 0.187 e. The smallest absolute Gasteiger partial charge is 0.187 e. The lowest BCUT2D eigenvalue weighted by atomic mass is 10.3. The maximum absolute atomic E-state index is 4.27. The zero-order valence-electron chi connectivity index (χ0n) is 9.78. The lowest BCUT2D eigenvalue weighted by molar-refractivity contribution is 0.640. The lowest BCUT2D eigenvalue weighted by Crippen LogP contribution is -2.17. The van der Waals surface area contributed by atoms with Crippen LogP contribution in [-0.2, 0) is 0 Å². The average molecular weight is 237 g/mol. The van der Waals surface area contributed by atoms with Crippen LogP contribution in [0.4, 0.5) is 0 Å². The van der Waals surface area contributed by atoms with E-state index in [2.05, 4.69) is 15.3 Å². The summed E-state index contributed by atoms with van der Waals surface area (Å²) < 4.78 is 0. The summed E-state index contributed by atoms with van der Waals surface area (Å²) in [4.78, 5) is 8.54. The minimum Gasteiger partial charge on any atom is -0.314 e. The van der Waals surface area contributed by atoms with Crippen LogP contribution in [0.5, 0.6) is 0 Å². The minimum atomic E-state index is 0.841. The second-order valence-corrected chi connectivity index (χ2v) is 5.39. The van der Waals surface area contributed by atoms with Gasteiger partial charge in [-0.25, -0.2) is 9.97 Å². The van der Waals surface area contributed by atoms with Gasteiger partial charge in [0, 0.05) is 24.2 Å². The van der Waals surface area contributed by atoms with Crippen LogP contribution in [0.3, 0.4) is 0 Å². The second-order valence-electron chi connectivity index (χ2n) is 4.33. The Morgan fingerprint density at radius 3 is 2.75 bits per heavy atom. The fourth-order valence-corrected chi connectivity index (χ4v) is 2.22. The molecule has 16 heavy (non-hydrogen) atoms. The monoisotopic (exact) mass is 237 g/mol. The van der Waals surface area contributed by atoms with Gasteiger partial charge in [-0.05, 0) is 44.7 Å². The van der Waals surface area contributed by atoms with Gasteiger partial charge in [0.2, 0.25) is 0 Å². The van der Waals surface area contributed by atoms with Gasteiger partial charge >= 0.3 is 0 Å². The van der Waals surface area contributed by atoms with E-state index in [1.807, 2.05) is 19.3 Å². The quantitative estimate of drug-likeness (QED) is 0.449. The molecule has 4 heteroatoms. The van der Waals surface area contributed by atoms with Crippen molar-refractivity contribution in [2.45, 2.75) is 43.8 Å². The summed E-state index contributed by atoms with van der Waals surface area (Å²) in [5.74, 6) is 1.12. The number of nitrogens with one attached hydrogen (secondary N) is 1. The average Bonchev–Trinajstić information content (AvgIpc) is 3.10. The van der Waals surface area contributed by atoms with Crippen molar-refractivity contribution in [2.24, 2.45) is 0 Å². The number of hydrogen-bond donors (Lipinski definition) is 1. The van der Waals surface area contributed by atoms with Crippen molar-refractivity contribution in [2.75, 3.05) is 12.3 Å². The summed E-state index contributed by atoms with van der Waals surface area (Å²) in [5, 5.41) is 4.43. The number of rotatable bonds is 7. The van der Waals surface area contributed by atoms with Crippen molar-refractivity contribution in [3.63, 3.8) is 0 Å². The Hall–Kier alpha value is -0.610. The highest BCUT2D eigenvalue weighted by Gasteiger charge is 2.19. The molecular formula is C12H19N3S. The van der Waals surface area contributed by atoms with Gasteiger partial charge in [0.25, 0.3) is 0 Å². The molecule has 0 aliphatic heterocycles. The van der Waals surface area contributed by atoms with Crippen LogP contribution < -0.4 is 5.32 Å². The van der Waals surface area contributed by atoms with Crippen LogP contribution in [0.2, 0.25) is 0 Å². The molecule has 0 saturated heterocycles.